The molecule has 0 saturated carbocycles. The molecule has 3 atom stereocenters. The highest BCUT2D eigenvalue weighted by Crippen LogP contribution is 2.43. The van der Waals surface area contributed by atoms with Crippen LogP contribution >= 0.6 is 7.82 Å². The SMILES string of the molecule is CCCC/C=C\CCCCCCCC(=O)OC[C@H](COP(=O)(O)OC[C@@H](O)CO)OC(=O)CCCCCCCCCCCCCCCCCCCCC. The topological polar surface area (TPSA) is 149 Å². The molecule has 0 aliphatic carbocycles. The van der Waals surface area contributed by atoms with Gasteiger partial charge >= 0.3 is 19.8 Å². The van der Waals surface area contributed by atoms with E-state index >= 15 is 0 Å². The van der Waals surface area contributed by atoms with Crippen LogP contribution in [-0.2, 0) is 32.7 Å². The van der Waals surface area contributed by atoms with E-state index in [-0.39, 0.29) is 19.4 Å². The number of rotatable bonds is 41. The quantitative estimate of drug-likeness (QED) is 0.0237. The van der Waals surface area contributed by atoms with Gasteiger partial charge in [0.2, 0.25) is 0 Å². The lowest BCUT2D eigenvalue weighted by Gasteiger charge is -2.20. The summed E-state index contributed by atoms with van der Waals surface area (Å²) in [6.45, 7) is 2.35. The number of hydrogen-bond donors (Lipinski definition) is 3. The first-order valence-electron chi connectivity index (χ1n) is 21.6. The Labute approximate surface area is 324 Å². The van der Waals surface area contributed by atoms with Crippen LogP contribution in [0.4, 0.5) is 0 Å². The minimum Gasteiger partial charge on any atom is -0.462 e. The van der Waals surface area contributed by atoms with Crippen LogP contribution in [-0.4, -0.2) is 65.7 Å². The number of phosphoric acid groups is 1. The van der Waals surface area contributed by atoms with Crippen molar-refractivity contribution in [2.75, 3.05) is 26.4 Å². The van der Waals surface area contributed by atoms with Crippen LogP contribution < -0.4 is 0 Å². The Kier molecular flexibility index (Phi) is 38.0. The Morgan fingerprint density at radius 1 is 0.547 bits per heavy atom. The number of ether oxygens (including phenoxy) is 2. The molecular weight excluding hydrogens is 695 g/mol. The summed E-state index contributed by atoms with van der Waals surface area (Å²) < 4.78 is 32.7. The molecule has 53 heavy (non-hydrogen) atoms. The molecule has 10 nitrogen and oxygen atoms in total. The molecule has 11 heteroatoms. The summed E-state index contributed by atoms with van der Waals surface area (Å²) in [5.41, 5.74) is 0. The van der Waals surface area contributed by atoms with E-state index in [1.165, 1.54) is 109 Å². The van der Waals surface area contributed by atoms with Crippen molar-refractivity contribution >= 4 is 19.8 Å². The third-order valence-electron chi connectivity index (χ3n) is 9.42. The molecule has 314 valence electrons. The molecule has 0 aromatic rings. The van der Waals surface area contributed by atoms with E-state index < -0.39 is 51.8 Å². The number of hydrogen-bond acceptors (Lipinski definition) is 9. The van der Waals surface area contributed by atoms with Gasteiger partial charge in [-0.1, -0.05) is 174 Å². The number of carbonyl (C=O) groups is 2. The molecule has 0 fully saturated rings. The maximum absolute atomic E-state index is 12.6. The van der Waals surface area contributed by atoms with E-state index in [0.29, 0.717) is 12.8 Å². The molecule has 0 aromatic carbocycles. The van der Waals surface area contributed by atoms with Gasteiger partial charge < -0.3 is 24.6 Å². The lowest BCUT2D eigenvalue weighted by molar-refractivity contribution is -0.161. The van der Waals surface area contributed by atoms with Gasteiger partial charge in [0, 0.05) is 12.8 Å². The third kappa shape index (κ3) is 38.8. The molecule has 0 aliphatic heterocycles. The van der Waals surface area contributed by atoms with Gasteiger partial charge in [0.05, 0.1) is 19.8 Å². The summed E-state index contributed by atoms with van der Waals surface area (Å²) in [6.07, 6.45) is 36.1. The van der Waals surface area contributed by atoms with Crippen molar-refractivity contribution in [2.45, 2.75) is 219 Å². The maximum Gasteiger partial charge on any atom is 0.472 e. The Morgan fingerprint density at radius 3 is 1.42 bits per heavy atom. The first-order chi connectivity index (χ1) is 25.7. The standard InChI is InChI=1S/C42H81O10P/c1-3-5-7-9-11-13-15-16-17-18-19-20-21-22-24-26-28-30-32-34-42(46)52-40(38-51-53(47,48)50-36-39(44)35-43)37-49-41(45)33-31-29-27-25-23-14-12-10-8-6-4-2/h10,12,39-40,43-44H,3-9,11,13-38H2,1-2H3,(H,47,48)/b12-10-/t39-,40+/m0/s1. The van der Waals surface area contributed by atoms with Gasteiger partial charge in [0.15, 0.2) is 6.10 Å². The van der Waals surface area contributed by atoms with Gasteiger partial charge in [-0.2, -0.15) is 0 Å². The van der Waals surface area contributed by atoms with Gasteiger partial charge in [-0.15, -0.1) is 0 Å². The van der Waals surface area contributed by atoms with Crippen molar-refractivity contribution in [3.05, 3.63) is 12.2 Å². The minimum atomic E-state index is -4.61. The second kappa shape index (κ2) is 39.0. The van der Waals surface area contributed by atoms with Gasteiger partial charge in [-0.3, -0.25) is 18.6 Å². The van der Waals surface area contributed by atoms with E-state index in [0.717, 1.165) is 57.8 Å². The molecule has 3 N–H and O–H groups in total. The predicted octanol–water partition coefficient (Wildman–Crippen LogP) is 11.2. The summed E-state index contributed by atoms with van der Waals surface area (Å²) >= 11 is 0. The number of aliphatic hydroxyl groups is 2. The van der Waals surface area contributed by atoms with Crippen LogP contribution in [0.1, 0.15) is 206 Å². The minimum absolute atomic E-state index is 0.188. The van der Waals surface area contributed by atoms with Crippen LogP contribution in [0, 0.1) is 0 Å². The van der Waals surface area contributed by atoms with E-state index in [9.17, 15) is 24.2 Å². The number of aliphatic hydroxyl groups excluding tert-OH is 2. The van der Waals surface area contributed by atoms with Gasteiger partial charge in [0.1, 0.15) is 12.7 Å². The van der Waals surface area contributed by atoms with E-state index in [2.05, 4.69) is 30.5 Å². The van der Waals surface area contributed by atoms with Crippen LogP contribution in [0.5, 0.6) is 0 Å². The molecule has 0 aromatic heterocycles. The summed E-state index contributed by atoms with van der Waals surface area (Å²) in [7, 11) is -4.61. The third-order valence-corrected chi connectivity index (χ3v) is 10.4. The zero-order valence-electron chi connectivity index (χ0n) is 34.0. The number of esters is 2. The zero-order valence-corrected chi connectivity index (χ0v) is 34.9. The highest BCUT2D eigenvalue weighted by molar-refractivity contribution is 7.47. The molecule has 0 amide bonds. The Balaban J connectivity index is 4.22. The van der Waals surface area contributed by atoms with Crippen molar-refractivity contribution in [3.8, 4) is 0 Å². The lowest BCUT2D eigenvalue weighted by Crippen LogP contribution is -2.29. The van der Waals surface area contributed by atoms with Crippen LogP contribution in [0.25, 0.3) is 0 Å². The summed E-state index contributed by atoms with van der Waals surface area (Å²) in [5, 5.41) is 18.3. The Morgan fingerprint density at radius 2 is 0.943 bits per heavy atom. The maximum atomic E-state index is 12.6. The molecule has 0 bridgehead atoms. The number of carbonyl (C=O) groups excluding carboxylic acids is 2. The summed E-state index contributed by atoms with van der Waals surface area (Å²) in [4.78, 5) is 34.9. The average molecular weight is 777 g/mol. The monoisotopic (exact) mass is 777 g/mol. The van der Waals surface area contributed by atoms with Crippen LogP contribution in [0.2, 0.25) is 0 Å². The van der Waals surface area contributed by atoms with E-state index in [1.54, 1.807) is 0 Å². The van der Waals surface area contributed by atoms with Crippen LogP contribution in [0.3, 0.4) is 0 Å². The highest BCUT2D eigenvalue weighted by Gasteiger charge is 2.27. The fourth-order valence-corrected chi connectivity index (χ4v) is 6.82. The predicted molar refractivity (Wildman–Crippen MR) is 215 cm³/mol. The van der Waals surface area contributed by atoms with Crippen molar-refractivity contribution in [2.24, 2.45) is 0 Å². The molecule has 0 radical (unpaired) electrons. The summed E-state index contributed by atoms with van der Waals surface area (Å²) in [5.74, 6) is -0.926. The number of unbranched alkanes of at least 4 members (excludes halogenated alkanes) is 25. The largest absolute Gasteiger partial charge is 0.472 e. The first kappa shape index (κ1) is 51.7. The average Bonchev–Trinajstić information content (AvgIpc) is 3.14. The van der Waals surface area contributed by atoms with Crippen molar-refractivity contribution in [1.82, 2.24) is 0 Å². The Bertz CT molecular complexity index is 899. The molecular formula is C42H81O10P. The van der Waals surface area contributed by atoms with E-state index in [4.69, 9.17) is 19.1 Å². The normalized spacial score (nSPS) is 14.0. The fraction of sp³-hybridized carbons (Fsp3) is 0.905. The number of allylic oxidation sites excluding steroid dienone is 2. The van der Waals surface area contributed by atoms with Crippen molar-refractivity contribution < 1.29 is 47.8 Å². The molecule has 0 rings (SSSR count). The second-order valence-electron chi connectivity index (χ2n) is 14.7. The molecule has 0 aliphatic rings. The molecule has 0 saturated heterocycles. The Hall–Kier alpha value is -1.29. The van der Waals surface area contributed by atoms with Gasteiger partial charge in [-0.25, -0.2) is 4.57 Å². The molecule has 0 heterocycles. The zero-order chi connectivity index (χ0) is 39.1. The first-order valence-corrected chi connectivity index (χ1v) is 23.1. The summed E-state index contributed by atoms with van der Waals surface area (Å²) in [6, 6.07) is 0. The highest BCUT2D eigenvalue weighted by atomic mass is 31.2. The smallest absolute Gasteiger partial charge is 0.462 e. The second-order valence-corrected chi connectivity index (χ2v) is 16.2. The molecule has 1 unspecified atom stereocenters. The fourth-order valence-electron chi connectivity index (χ4n) is 6.03. The van der Waals surface area contributed by atoms with Crippen molar-refractivity contribution in [3.63, 3.8) is 0 Å². The van der Waals surface area contributed by atoms with Crippen LogP contribution in [0.15, 0.2) is 12.2 Å². The van der Waals surface area contributed by atoms with E-state index in [1.807, 2.05) is 0 Å². The number of phosphoric ester groups is 1. The van der Waals surface area contributed by atoms with Gasteiger partial charge in [-0.05, 0) is 32.1 Å². The molecule has 0 spiro atoms. The van der Waals surface area contributed by atoms with Gasteiger partial charge in [0.25, 0.3) is 0 Å². The lowest BCUT2D eigenvalue weighted by atomic mass is 10.0. The van der Waals surface area contributed by atoms with Crippen molar-refractivity contribution in [1.29, 1.82) is 0 Å².